The second-order valence-electron chi connectivity index (χ2n) is 7.19. The number of esters is 1. The fourth-order valence-electron chi connectivity index (χ4n) is 3.21. The number of nitrogens with zero attached hydrogens (tertiary/aromatic N) is 1. The van der Waals surface area contributed by atoms with Crippen LogP contribution in [0.5, 0.6) is 0 Å². The lowest BCUT2D eigenvalue weighted by molar-refractivity contribution is 0.00781. The van der Waals surface area contributed by atoms with Crippen molar-refractivity contribution in [2.24, 2.45) is 5.92 Å². The first kappa shape index (κ1) is 21.5. The van der Waals surface area contributed by atoms with Crippen LogP contribution in [0.15, 0.2) is 24.3 Å². The highest BCUT2D eigenvalue weighted by atomic mass is 16.5. The molecule has 0 bridgehead atoms. The normalized spacial score (nSPS) is 13.3. The third-order valence-corrected chi connectivity index (χ3v) is 4.95. The molecule has 0 fully saturated rings. The minimum atomic E-state index is -0.179. The number of hydrogen-bond donors (Lipinski definition) is 0. The summed E-state index contributed by atoms with van der Waals surface area (Å²) < 4.78 is 5.98. The van der Waals surface area contributed by atoms with Crippen LogP contribution in [0.2, 0.25) is 0 Å². The zero-order valence-corrected chi connectivity index (χ0v) is 16.9. The molecule has 2 atom stereocenters. The monoisotopic (exact) mass is 347 g/mol. The summed E-state index contributed by atoms with van der Waals surface area (Å²) in [7, 11) is 3.99. The van der Waals surface area contributed by atoms with E-state index in [9.17, 15) is 4.79 Å². The molecule has 1 rings (SSSR count). The van der Waals surface area contributed by atoms with Gasteiger partial charge in [0.05, 0.1) is 5.56 Å². The Morgan fingerprint density at radius 3 is 2.12 bits per heavy atom. The number of carbonyl (C=O) groups is 1. The molecule has 0 aliphatic heterocycles. The van der Waals surface area contributed by atoms with Gasteiger partial charge in [0.25, 0.3) is 0 Å². The zero-order valence-electron chi connectivity index (χ0n) is 16.9. The Labute approximate surface area is 154 Å². The molecule has 0 N–H and O–H groups in total. The fraction of sp³-hybridized carbons (Fsp3) is 0.682. The summed E-state index contributed by atoms with van der Waals surface area (Å²) in [5, 5.41) is 0. The quantitative estimate of drug-likeness (QED) is 0.339. The summed E-state index contributed by atoms with van der Waals surface area (Å²) >= 11 is 0. The molecular weight excluding hydrogens is 310 g/mol. The molecule has 0 saturated carbocycles. The minimum Gasteiger partial charge on any atom is -0.458 e. The lowest BCUT2D eigenvalue weighted by Crippen LogP contribution is -2.27. The van der Waals surface area contributed by atoms with Crippen molar-refractivity contribution in [1.29, 1.82) is 0 Å². The van der Waals surface area contributed by atoms with E-state index >= 15 is 0 Å². The van der Waals surface area contributed by atoms with Crippen LogP contribution in [-0.4, -0.2) is 26.2 Å². The van der Waals surface area contributed by atoms with Crippen molar-refractivity contribution in [3.63, 3.8) is 0 Å². The maximum atomic E-state index is 12.6. The molecule has 0 aliphatic rings. The highest BCUT2D eigenvalue weighted by Gasteiger charge is 2.24. The van der Waals surface area contributed by atoms with Gasteiger partial charge in [-0.05, 0) is 55.9 Å². The molecule has 25 heavy (non-hydrogen) atoms. The molecule has 0 amide bonds. The zero-order chi connectivity index (χ0) is 18.7. The van der Waals surface area contributed by atoms with E-state index in [4.69, 9.17) is 4.74 Å². The van der Waals surface area contributed by atoms with Gasteiger partial charge in [-0.25, -0.2) is 4.79 Å². The van der Waals surface area contributed by atoms with Crippen molar-refractivity contribution in [1.82, 2.24) is 0 Å². The van der Waals surface area contributed by atoms with Crippen molar-refractivity contribution in [2.45, 2.75) is 78.2 Å². The average Bonchev–Trinajstić information content (AvgIpc) is 2.62. The predicted molar refractivity (Wildman–Crippen MR) is 107 cm³/mol. The Morgan fingerprint density at radius 1 is 0.960 bits per heavy atom. The van der Waals surface area contributed by atoms with Gasteiger partial charge in [-0.15, -0.1) is 0 Å². The van der Waals surface area contributed by atoms with E-state index in [-0.39, 0.29) is 12.1 Å². The van der Waals surface area contributed by atoms with E-state index in [1.165, 1.54) is 25.7 Å². The summed E-state index contributed by atoms with van der Waals surface area (Å²) in [5.41, 5.74) is 1.74. The molecule has 1 aromatic rings. The topological polar surface area (TPSA) is 29.5 Å². The molecule has 0 aliphatic carbocycles. The van der Waals surface area contributed by atoms with Gasteiger partial charge in [-0.1, -0.05) is 46.5 Å². The van der Waals surface area contributed by atoms with Crippen LogP contribution in [0, 0.1) is 5.92 Å². The Balaban J connectivity index is 2.77. The lowest BCUT2D eigenvalue weighted by atomic mass is 9.90. The fourth-order valence-corrected chi connectivity index (χ4v) is 3.21. The predicted octanol–water partition coefficient (Wildman–Crippen LogP) is 6.07. The van der Waals surface area contributed by atoms with Gasteiger partial charge in [0.15, 0.2) is 0 Å². The smallest absolute Gasteiger partial charge is 0.338 e. The van der Waals surface area contributed by atoms with Crippen LogP contribution >= 0.6 is 0 Å². The van der Waals surface area contributed by atoms with Crippen molar-refractivity contribution in [3.05, 3.63) is 29.8 Å². The Kier molecular flexibility index (Phi) is 10.3. The number of unbranched alkanes of at least 4 members (excludes halogenated alkanes) is 3. The number of carbonyl (C=O) groups excluding carboxylic acids is 1. The third-order valence-electron chi connectivity index (χ3n) is 4.95. The van der Waals surface area contributed by atoms with Crippen LogP contribution in [0.3, 0.4) is 0 Å². The summed E-state index contributed by atoms with van der Waals surface area (Å²) in [6.45, 7) is 6.64. The summed E-state index contributed by atoms with van der Waals surface area (Å²) in [5.74, 6) is 0.295. The molecule has 0 saturated heterocycles. The number of rotatable bonds is 12. The van der Waals surface area contributed by atoms with Crippen molar-refractivity contribution in [2.75, 3.05) is 19.0 Å². The number of ether oxygens (including phenoxy) is 1. The van der Waals surface area contributed by atoms with Crippen molar-refractivity contribution in [3.8, 4) is 0 Å². The first-order valence-corrected chi connectivity index (χ1v) is 10.0. The van der Waals surface area contributed by atoms with E-state index in [0.29, 0.717) is 11.5 Å². The van der Waals surface area contributed by atoms with Gasteiger partial charge in [0.2, 0.25) is 0 Å². The van der Waals surface area contributed by atoms with Crippen LogP contribution < -0.4 is 4.90 Å². The molecular formula is C22H37NO2. The maximum absolute atomic E-state index is 12.6. The van der Waals surface area contributed by atoms with Gasteiger partial charge in [-0.2, -0.15) is 0 Å². The number of anilines is 1. The van der Waals surface area contributed by atoms with Gasteiger partial charge in [0.1, 0.15) is 6.10 Å². The van der Waals surface area contributed by atoms with E-state index < -0.39 is 0 Å². The second kappa shape index (κ2) is 11.9. The molecule has 1 aromatic carbocycles. The second-order valence-corrected chi connectivity index (χ2v) is 7.19. The summed E-state index contributed by atoms with van der Waals surface area (Å²) in [4.78, 5) is 14.7. The molecule has 0 spiro atoms. The van der Waals surface area contributed by atoms with Crippen molar-refractivity contribution < 1.29 is 9.53 Å². The van der Waals surface area contributed by atoms with Gasteiger partial charge < -0.3 is 9.64 Å². The Bertz CT molecular complexity index is 481. The minimum absolute atomic E-state index is 0.0455. The number of benzene rings is 1. The van der Waals surface area contributed by atoms with E-state index in [1.54, 1.807) is 0 Å². The van der Waals surface area contributed by atoms with Gasteiger partial charge in [-0.3, -0.25) is 0 Å². The first-order chi connectivity index (χ1) is 12.0. The van der Waals surface area contributed by atoms with E-state index in [0.717, 1.165) is 31.4 Å². The molecule has 0 aromatic heterocycles. The number of hydrogen-bond acceptors (Lipinski definition) is 3. The molecule has 2 unspecified atom stereocenters. The van der Waals surface area contributed by atoms with Crippen LogP contribution in [0.25, 0.3) is 0 Å². The summed E-state index contributed by atoms with van der Waals surface area (Å²) in [6, 6.07) is 7.68. The average molecular weight is 348 g/mol. The largest absolute Gasteiger partial charge is 0.458 e. The SMILES string of the molecule is CCCCCC(OC(=O)c1ccc(N(C)C)cc1)C(CC)CCCC. The van der Waals surface area contributed by atoms with Crippen LogP contribution in [-0.2, 0) is 4.74 Å². The highest BCUT2D eigenvalue weighted by Crippen LogP contribution is 2.25. The molecule has 3 nitrogen and oxygen atoms in total. The molecule has 0 heterocycles. The first-order valence-electron chi connectivity index (χ1n) is 10.0. The molecule has 0 radical (unpaired) electrons. The van der Waals surface area contributed by atoms with Crippen LogP contribution in [0.1, 0.15) is 82.5 Å². The lowest BCUT2D eigenvalue weighted by Gasteiger charge is -2.26. The van der Waals surface area contributed by atoms with E-state index in [2.05, 4.69) is 20.8 Å². The third kappa shape index (κ3) is 7.50. The molecule has 3 heteroatoms. The maximum Gasteiger partial charge on any atom is 0.338 e. The standard InChI is InChI=1S/C22H37NO2/c1-6-9-11-13-21(18(8-3)12-10-7-2)25-22(24)19-14-16-20(17-15-19)23(4)5/h14-18,21H,6-13H2,1-5H3. The Hall–Kier alpha value is -1.51. The Morgan fingerprint density at radius 2 is 1.60 bits per heavy atom. The van der Waals surface area contributed by atoms with Gasteiger partial charge >= 0.3 is 5.97 Å². The summed E-state index contributed by atoms with van der Waals surface area (Å²) in [6.07, 6.45) is 9.18. The highest BCUT2D eigenvalue weighted by molar-refractivity contribution is 5.90. The van der Waals surface area contributed by atoms with Crippen molar-refractivity contribution >= 4 is 11.7 Å². The molecule has 142 valence electrons. The van der Waals surface area contributed by atoms with Gasteiger partial charge in [0, 0.05) is 19.8 Å². The van der Waals surface area contributed by atoms with E-state index in [1.807, 2.05) is 43.3 Å². The van der Waals surface area contributed by atoms with Crippen LogP contribution in [0.4, 0.5) is 5.69 Å².